The standard InChI is InChI=1S/C7H14NO4PS/c1-6(5-7(9)8-2)12-13(14,10-3)11-4/h5H,1-4H3,(H,8,9). The van der Waals surface area contributed by atoms with E-state index in [0.29, 0.717) is 5.76 Å². The van der Waals surface area contributed by atoms with Gasteiger partial charge in [-0.25, -0.2) is 0 Å². The van der Waals surface area contributed by atoms with E-state index < -0.39 is 6.72 Å². The summed E-state index contributed by atoms with van der Waals surface area (Å²) in [6, 6.07) is 0. The van der Waals surface area contributed by atoms with E-state index in [4.69, 9.17) is 25.4 Å². The van der Waals surface area contributed by atoms with Gasteiger partial charge in [0.05, 0.1) is 0 Å². The summed E-state index contributed by atoms with van der Waals surface area (Å²) in [7, 11) is 4.32. The van der Waals surface area contributed by atoms with Crippen molar-refractivity contribution in [3.05, 3.63) is 11.8 Å². The highest BCUT2D eigenvalue weighted by Crippen LogP contribution is 2.49. The van der Waals surface area contributed by atoms with Gasteiger partial charge in [0.25, 0.3) is 0 Å². The van der Waals surface area contributed by atoms with Gasteiger partial charge in [0.1, 0.15) is 5.76 Å². The highest BCUT2D eigenvalue weighted by molar-refractivity contribution is 8.07. The van der Waals surface area contributed by atoms with Gasteiger partial charge in [0, 0.05) is 39.2 Å². The number of carbonyl (C=O) groups excluding carboxylic acids is 1. The van der Waals surface area contributed by atoms with Crippen LogP contribution in [0.2, 0.25) is 0 Å². The Morgan fingerprint density at radius 3 is 2.29 bits per heavy atom. The summed E-state index contributed by atoms with van der Waals surface area (Å²) in [4.78, 5) is 10.9. The molecule has 0 fully saturated rings. The fraction of sp³-hybridized carbons (Fsp3) is 0.571. The predicted molar refractivity (Wildman–Crippen MR) is 57.2 cm³/mol. The van der Waals surface area contributed by atoms with Crippen molar-refractivity contribution in [2.75, 3.05) is 21.3 Å². The third-order valence-corrected chi connectivity index (χ3v) is 3.81. The molecule has 1 N–H and O–H groups in total. The van der Waals surface area contributed by atoms with Gasteiger partial charge in [-0.2, -0.15) is 0 Å². The molecule has 0 aromatic carbocycles. The van der Waals surface area contributed by atoms with E-state index in [1.54, 1.807) is 6.92 Å². The minimum atomic E-state index is -2.72. The van der Waals surface area contributed by atoms with E-state index >= 15 is 0 Å². The molecule has 0 radical (unpaired) electrons. The second kappa shape index (κ2) is 6.14. The number of hydrogen-bond acceptors (Lipinski definition) is 5. The van der Waals surface area contributed by atoms with Crippen LogP contribution in [0.5, 0.6) is 0 Å². The summed E-state index contributed by atoms with van der Waals surface area (Å²) in [5.41, 5.74) is 0. The Morgan fingerprint density at radius 1 is 1.43 bits per heavy atom. The Labute approximate surface area is 88.7 Å². The topological polar surface area (TPSA) is 56.8 Å². The molecule has 0 aliphatic carbocycles. The second-order valence-electron chi connectivity index (χ2n) is 2.27. The monoisotopic (exact) mass is 239 g/mol. The highest BCUT2D eigenvalue weighted by atomic mass is 32.5. The van der Waals surface area contributed by atoms with Gasteiger partial charge in [0.2, 0.25) is 5.91 Å². The third kappa shape index (κ3) is 4.72. The third-order valence-electron chi connectivity index (χ3n) is 1.28. The van der Waals surface area contributed by atoms with Crippen molar-refractivity contribution in [2.24, 2.45) is 0 Å². The summed E-state index contributed by atoms with van der Waals surface area (Å²) in [5, 5.41) is 2.42. The smallest absolute Gasteiger partial charge is 0.379 e. The molecule has 0 unspecified atom stereocenters. The van der Waals surface area contributed by atoms with Crippen molar-refractivity contribution in [1.82, 2.24) is 5.32 Å². The summed E-state index contributed by atoms with van der Waals surface area (Å²) in [6.45, 7) is -1.11. The van der Waals surface area contributed by atoms with Crippen LogP contribution in [0, 0.1) is 0 Å². The van der Waals surface area contributed by atoms with Crippen molar-refractivity contribution in [2.45, 2.75) is 6.92 Å². The molecule has 0 saturated carbocycles. The number of nitrogens with one attached hydrogen (secondary N) is 1. The zero-order valence-electron chi connectivity index (χ0n) is 8.57. The first kappa shape index (κ1) is 13.6. The molecule has 0 aromatic heterocycles. The largest absolute Gasteiger partial charge is 0.429 e. The Kier molecular flexibility index (Phi) is 5.95. The molecular formula is C7H14NO4PS. The molecule has 0 aromatic rings. The van der Waals surface area contributed by atoms with Crippen molar-refractivity contribution in [1.29, 1.82) is 0 Å². The molecule has 0 aliphatic rings. The average molecular weight is 239 g/mol. The van der Waals surface area contributed by atoms with E-state index in [0.717, 1.165) is 0 Å². The molecule has 0 rings (SSSR count). The first-order valence-electron chi connectivity index (χ1n) is 3.78. The number of likely N-dealkylation sites (N-methyl/N-ethyl adjacent to an activating group) is 1. The predicted octanol–water partition coefficient (Wildman–Crippen LogP) is 1.17. The zero-order chi connectivity index (χ0) is 11.2. The quantitative estimate of drug-likeness (QED) is 0.443. The van der Waals surface area contributed by atoms with E-state index in [2.05, 4.69) is 5.32 Å². The maximum absolute atomic E-state index is 10.9. The van der Waals surface area contributed by atoms with E-state index in [1.165, 1.54) is 27.3 Å². The molecule has 0 atom stereocenters. The van der Waals surface area contributed by atoms with E-state index in [1.807, 2.05) is 0 Å². The lowest BCUT2D eigenvalue weighted by Gasteiger charge is -2.18. The SMILES string of the molecule is CNC(=O)C=C(C)OP(=S)(OC)OC. The molecule has 7 heteroatoms. The minimum Gasteiger partial charge on any atom is -0.429 e. The molecular weight excluding hydrogens is 225 g/mol. The van der Waals surface area contributed by atoms with Gasteiger partial charge < -0.3 is 18.9 Å². The molecule has 0 saturated heterocycles. The van der Waals surface area contributed by atoms with Crippen LogP contribution in [-0.2, 0) is 30.2 Å². The Bertz CT molecular complexity index is 271. The summed E-state index contributed by atoms with van der Waals surface area (Å²) >= 11 is 4.94. The zero-order valence-corrected chi connectivity index (χ0v) is 10.3. The summed E-state index contributed by atoms with van der Waals surface area (Å²) in [6.07, 6.45) is 1.28. The highest BCUT2D eigenvalue weighted by Gasteiger charge is 2.18. The first-order chi connectivity index (χ1) is 6.47. The summed E-state index contributed by atoms with van der Waals surface area (Å²) in [5.74, 6) is 0.0904. The Hall–Kier alpha value is -0.420. The van der Waals surface area contributed by atoms with E-state index in [9.17, 15) is 4.79 Å². The lowest BCUT2D eigenvalue weighted by molar-refractivity contribution is -0.116. The van der Waals surface area contributed by atoms with Crippen LogP contribution in [0.1, 0.15) is 6.92 Å². The number of hydrogen-bond donors (Lipinski definition) is 1. The van der Waals surface area contributed by atoms with Crippen molar-refractivity contribution in [3.8, 4) is 0 Å². The van der Waals surface area contributed by atoms with Crippen molar-refractivity contribution < 1.29 is 18.4 Å². The normalized spacial score (nSPS) is 12.4. The van der Waals surface area contributed by atoms with Gasteiger partial charge in [-0.1, -0.05) is 0 Å². The number of carbonyl (C=O) groups is 1. The molecule has 14 heavy (non-hydrogen) atoms. The minimum absolute atomic E-state index is 0.267. The van der Waals surface area contributed by atoms with Crippen molar-refractivity contribution >= 4 is 24.4 Å². The average Bonchev–Trinajstić information content (AvgIpc) is 2.17. The maximum atomic E-state index is 10.9. The summed E-state index contributed by atoms with van der Waals surface area (Å²) < 4.78 is 15.0. The molecule has 0 aliphatic heterocycles. The molecule has 0 heterocycles. The molecule has 1 amide bonds. The van der Waals surface area contributed by atoms with Crippen LogP contribution in [0.15, 0.2) is 11.8 Å². The fourth-order valence-electron chi connectivity index (χ4n) is 0.609. The first-order valence-corrected chi connectivity index (χ1v) is 6.34. The molecule has 0 bridgehead atoms. The van der Waals surface area contributed by atoms with Crippen molar-refractivity contribution in [3.63, 3.8) is 0 Å². The number of rotatable bonds is 5. The molecule has 5 nitrogen and oxygen atoms in total. The van der Waals surface area contributed by atoms with Crippen LogP contribution in [0.4, 0.5) is 0 Å². The lowest BCUT2D eigenvalue weighted by Crippen LogP contribution is -2.15. The van der Waals surface area contributed by atoms with Gasteiger partial charge >= 0.3 is 6.72 Å². The van der Waals surface area contributed by atoms with E-state index in [-0.39, 0.29) is 5.91 Å². The molecule has 0 spiro atoms. The van der Waals surface area contributed by atoms with Crippen LogP contribution >= 0.6 is 6.72 Å². The van der Waals surface area contributed by atoms with Gasteiger partial charge in [-0.3, -0.25) is 4.79 Å². The van der Waals surface area contributed by atoms with Gasteiger partial charge in [0.15, 0.2) is 0 Å². The molecule has 82 valence electrons. The Balaban J connectivity index is 4.44. The fourth-order valence-corrected chi connectivity index (χ4v) is 1.66. The van der Waals surface area contributed by atoms with Gasteiger partial charge in [-0.15, -0.1) is 0 Å². The number of allylic oxidation sites excluding steroid dienone is 1. The van der Waals surface area contributed by atoms with Gasteiger partial charge in [-0.05, 0) is 6.92 Å². The maximum Gasteiger partial charge on any atom is 0.379 e. The van der Waals surface area contributed by atoms with Crippen LogP contribution in [0.3, 0.4) is 0 Å². The number of amides is 1. The van der Waals surface area contributed by atoms with Crippen LogP contribution in [0.25, 0.3) is 0 Å². The lowest BCUT2D eigenvalue weighted by atomic mass is 10.5. The van der Waals surface area contributed by atoms with Crippen LogP contribution in [-0.4, -0.2) is 27.2 Å². The Morgan fingerprint density at radius 2 is 1.93 bits per heavy atom. The van der Waals surface area contributed by atoms with Crippen LogP contribution < -0.4 is 5.32 Å². The second-order valence-corrected chi connectivity index (χ2v) is 5.42.